The van der Waals surface area contributed by atoms with Gasteiger partial charge in [0.2, 0.25) is 26.0 Å². The van der Waals surface area contributed by atoms with Gasteiger partial charge in [-0.2, -0.15) is 8.61 Å². The molecule has 2 saturated heterocycles. The van der Waals surface area contributed by atoms with Crippen molar-refractivity contribution in [1.82, 2.24) is 29.0 Å². The molecular formula is C63H84N6O8S3. The molecule has 3 aliphatic rings. The van der Waals surface area contributed by atoms with Crippen molar-refractivity contribution in [2.24, 2.45) is 11.8 Å². The van der Waals surface area contributed by atoms with E-state index >= 15 is 0 Å². The number of piperidine rings is 1. The lowest BCUT2D eigenvalue weighted by atomic mass is 9.72. The zero-order valence-corrected chi connectivity index (χ0v) is 50.0. The second-order valence-corrected chi connectivity index (χ2v) is 28.0. The number of hydrogen-bond acceptors (Lipinski definition) is 11. The molecule has 14 nitrogen and oxygen atoms in total. The molecule has 8 rings (SSSR count). The number of nitrogens with zero attached hydrogens (tertiary/aromatic N) is 4. The van der Waals surface area contributed by atoms with Gasteiger partial charge >= 0.3 is 0 Å². The molecule has 0 unspecified atom stereocenters. The summed E-state index contributed by atoms with van der Waals surface area (Å²) in [6.45, 7) is 19.5. The Labute approximate surface area is 481 Å². The molecule has 3 fully saturated rings. The Morgan fingerprint density at radius 2 is 1.24 bits per heavy atom. The second kappa shape index (κ2) is 28.6. The summed E-state index contributed by atoms with van der Waals surface area (Å²) in [6, 6.07) is 37.7. The van der Waals surface area contributed by atoms with Gasteiger partial charge in [-0.05, 0) is 152 Å². The summed E-state index contributed by atoms with van der Waals surface area (Å²) in [5, 5.41) is 28.0. The zero-order chi connectivity index (χ0) is 57.6. The van der Waals surface area contributed by atoms with Gasteiger partial charge < -0.3 is 20.8 Å². The van der Waals surface area contributed by atoms with Crippen molar-refractivity contribution >= 4 is 43.6 Å². The number of phenols is 1. The summed E-state index contributed by atoms with van der Waals surface area (Å²) in [7, 11) is -7.60. The highest BCUT2D eigenvalue weighted by Crippen LogP contribution is 2.39. The van der Waals surface area contributed by atoms with Crippen LogP contribution in [0.2, 0.25) is 0 Å². The normalized spacial score (nSPS) is 20.4. The molecule has 0 radical (unpaired) electrons. The third kappa shape index (κ3) is 17.6. The third-order valence-electron chi connectivity index (χ3n) is 15.4. The molecule has 0 bridgehead atoms. The highest BCUT2D eigenvalue weighted by molar-refractivity contribution is 7.99. The van der Waals surface area contributed by atoms with Crippen molar-refractivity contribution < 1.29 is 36.6 Å². The maximum atomic E-state index is 13.7. The van der Waals surface area contributed by atoms with Crippen molar-refractivity contribution in [3.63, 3.8) is 0 Å². The number of rotatable bonds is 15. The average molecular weight is 1150 g/mol. The van der Waals surface area contributed by atoms with Gasteiger partial charge in [0.05, 0.1) is 28.0 Å². The van der Waals surface area contributed by atoms with E-state index in [2.05, 4.69) is 39.1 Å². The summed E-state index contributed by atoms with van der Waals surface area (Å²) in [5.74, 6) is 1.27. The number of aliphatic hydroxyl groups excluding tert-OH is 1. The fraction of sp³-hybridized carbons (Fsp3) is 0.460. The molecule has 2 heterocycles. The predicted octanol–water partition coefficient (Wildman–Crippen LogP) is 9.58. The Morgan fingerprint density at radius 3 is 1.79 bits per heavy atom. The van der Waals surface area contributed by atoms with Crippen LogP contribution < -0.4 is 10.6 Å². The highest BCUT2D eigenvalue weighted by Gasteiger charge is 2.42. The molecular weight excluding hydrogens is 1060 g/mol. The molecule has 5 aromatic carbocycles. The molecule has 17 heteroatoms. The Balaban J connectivity index is 0.000000231. The summed E-state index contributed by atoms with van der Waals surface area (Å²) < 4.78 is 57.7. The number of aromatic hydroxyl groups is 1. The Bertz CT molecular complexity index is 2960. The van der Waals surface area contributed by atoms with Gasteiger partial charge in [-0.25, -0.2) is 16.8 Å². The van der Waals surface area contributed by atoms with E-state index in [0.717, 1.165) is 47.4 Å². The van der Waals surface area contributed by atoms with Gasteiger partial charge in [0.1, 0.15) is 5.75 Å². The number of aryl methyl sites for hydroxylation is 2. The fourth-order valence-corrected chi connectivity index (χ4v) is 15.0. The number of β-amino-alcohol motifs (C(OH)–C–C–N with tert-alkyl or cyclic N) is 1. The van der Waals surface area contributed by atoms with Crippen LogP contribution in [0.5, 0.6) is 5.75 Å². The number of carbonyl (C=O) groups is 2. The first kappa shape index (κ1) is 62.2. The number of hydrogen-bond donors (Lipinski definition) is 4. The first-order valence-corrected chi connectivity index (χ1v) is 32.0. The average Bonchev–Trinajstić information content (AvgIpc) is 3.44. The van der Waals surface area contributed by atoms with Crippen molar-refractivity contribution in [2.45, 2.75) is 131 Å². The van der Waals surface area contributed by atoms with E-state index in [1.807, 2.05) is 83.1 Å². The second-order valence-electron chi connectivity index (χ2n) is 23.0. The number of amides is 2. The van der Waals surface area contributed by atoms with Gasteiger partial charge in [-0.15, -0.1) is 11.8 Å². The van der Waals surface area contributed by atoms with Crippen LogP contribution in [0.1, 0.15) is 98.3 Å². The van der Waals surface area contributed by atoms with E-state index in [9.17, 15) is 36.6 Å². The fourth-order valence-electron chi connectivity index (χ4n) is 11.0. The van der Waals surface area contributed by atoms with Crippen molar-refractivity contribution in [1.29, 1.82) is 0 Å². The molecule has 5 aromatic rings. The minimum atomic E-state index is -3.80. The number of benzene rings is 5. The van der Waals surface area contributed by atoms with Crippen LogP contribution in [-0.2, 0) is 31.4 Å². The lowest BCUT2D eigenvalue weighted by Crippen LogP contribution is -2.60. The Hall–Kier alpha value is -5.37. The number of thioether (sulfide) groups is 1. The van der Waals surface area contributed by atoms with Gasteiger partial charge in [0, 0.05) is 73.1 Å². The van der Waals surface area contributed by atoms with E-state index in [0.29, 0.717) is 86.4 Å². The standard InChI is InChI=1S/C32H45N3O4S.C31H39N3O4S2/c1-21-25(15-10-16-28(21)36)30(38)33-26(20-40-24-13-6-5-7-14-24)29(37)19-35-18-23-12-9-8-11-22(23)17-27(35)31(39)34-32(2,3)4;1-26-11-15-30(16-12-26)39(35,36)33-21-7-19-32(25-29-9-5-4-6-10-29)20-8-22-34(24-28(3)23-33)40(37,38)31-17-13-27(2)14-18-31/h5-7,10,13-16,22-23,26-27,29,36-37H,8-9,11-12,17-20H2,1-4H3,(H,33,38)(H,34,39);4-6,9-18H,3,7-8,19-25H2,1-2H3/t22-,23+,26-,27-,29+;/m0./s1. The topological polar surface area (TPSA) is 180 Å². The highest BCUT2D eigenvalue weighted by atomic mass is 32.2. The lowest BCUT2D eigenvalue weighted by Gasteiger charge is -2.47. The minimum absolute atomic E-state index is 0.0124. The Morgan fingerprint density at radius 1 is 0.700 bits per heavy atom. The molecule has 432 valence electrons. The summed E-state index contributed by atoms with van der Waals surface area (Å²) in [6.07, 6.45) is 5.97. The van der Waals surface area contributed by atoms with Crippen LogP contribution in [0.4, 0.5) is 0 Å². The number of fused-ring (bicyclic) bond motifs is 1. The maximum Gasteiger partial charge on any atom is 0.252 e. The minimum Gasteiger partial charge on any atom is -0.508 e. The van der Waals surface area contributed by atoms with Gasteiger partial charge in [-0.3, -0.25) is 19.4 Å². The summed E-state index contributed by atoms with van der Waals surface area (Å²) >= 11 is 1.57. The Kier molecular flexibility index (Phi) is 22.2. The quantitative estimate of drug-likeness (QED) is 0.0579. The molecule has 1 saturated carbocycles. The van der Waals surface area contributed by atoms with Gasteiger partial charge in [0.15, 0.2) is 0 Å². The smallest absolute Gasteiger partial charge is 0.252 e. The van der Waals surface area contributed by atoms with Crippen LogP contribution in [0.15, 0.2) is 154 Å². The maximum absolute atomic E-state index is 13.7. The summed E-state index contributed by atoms with van der Waals surface area (Å²) in [4.78, 5) is 32.7. The first-order chi connectivity index (χ1) is 38.1. The molecule has 4 N–H and O–H groups in total. The van der Waals surface area contributed by atoms with Gasteiger partial charge in [-0.1, -0.05) is 116 Å². The molecule has 0 spiro atoms. The third-order valence-corrected chi connectivity index (χ3v) is 20.2. The van der Waals surface area contributed by atoms with E-state index in [1.165, 1.54) is 21.5 Å². The number of nitrogens with one attached hydrogen (secondary N) is 2. The number of sulfonamides is 2. The van der Waals surface area contributed by atoms with Crippen LogP contribution in [0.3, 0.4) is 0 Å². The molecule has 1 aliphatic carbocycles. The SMILES string of the molecule is C=C1CN(S(=O)(=O)c2ccc(C)cc2)CCCN(Cc2ccccc2)CCCN(S(=O)(=O)c2ccc(C)cc2)C1.Cc1c(O)cccc1C(=O)N[C@@H](CSc1ccccc1)[C@H](O)CN1C[C@H]2CCCC[C@H]2C[C@H]1C(=O)NC(C)(C)C. The molecule has 2 aliphatic heterocycles. The number of aliphatic hydroxyl groups is 1. The summed E-state index contributed by atoms with van der Waals surface area (Å²) in [5.41, 5.74) is 4.20. The van der Waals surface area contributed by atoms with Crippen LogP contribution in [-0.4, -0.2) is 139 Å². The number of phenolic OH excluding ortho intramolecular Hbond substituents is 1. The van der Waals surface area contributed by atoms with Crippen molar-refractivity contribution in [2.75, 3.05) is 58.1 Å². The van der Waals surface area contributed by atoms with Crippen molar-refractivity contribution in [3.05, 3.63) is 167 Å². The molecule has 5 atom stereocenters. The van der Waals surface area contributed by atoms with Crippen LogP contribution in [0.25, 0.3) is 0 Å². The monoisotopic (exact) mass is 1150 g/mol. The van der Waals surface area contributed by atoms with E-state index in [-0.39, 0.29) is 52.0 Å². The van der Waals surface area contributed by atoms with E-state index in [1.54, 1.807) is 85.4 Å². The first-order valence-electron chi connectivity index (χ1n) is 28.2. The van der Waals surface area contributed by atoms with Gasteiger partial charge in [0.25, 0.3) is 5.91 Å². The van der Waals surface area contributed by atoms with Crippen molar-refractivity contribution in [3.8, 4) is 5.75 Å². The molecule has 80 heavy (non-hydrogen) atoms. The predicted molar refractivity (Wildman–Crippen MR) is 321 cm³/mol. The number of likely N-dealkylation sites (tertiary alicyclic amines) is 1. The van der Waals surface area contributed by atoms with Crippen LogP contribution in [0, 0.1) is 32.6 Å². The molecule has 2 amide bonds. The number of carbonyl (C=O) groups excluding carboxylic acids is 2. The zero-order valence-electron chi connectivity index (χ0n) is 47.6. The largest absolute Gasteiger partial charge is 0.508 e. The van der Waals surface area contributed by atoms with E-state index < -0.39 is 32.2 Å². The molecule has 0 aromatic heterocycles. The van der Waals surface area contributed by atoms with Crippen LogP contribution >= 0.6 is 11.8 Å². The van der Waals surface area contributed by atoms with E-state index in [4.69, 9.17) is 0 Å². The lowest BCUT2D eigenvalue weighted by molar-refractivity contribution is -0.132.